The molecule has 218 valence electrons. The number of hydrogen-bond donors (Lipinski definition) is 1. The van der Waals surface area contributed by atoms with Gasteiger partial charge in [0, 0.05) is 38.2 Å². The van der Waals surface area contributed by atoms with Gasteiger partial charge in [0.05, 0.1) is 21.8 Å². The summed E-state index contributed by atoms with van der Waals surface area (Å²) in [6.45, 7) is 3.03. The van der Waals surface area contributed by atoms with Crippen molar-refractivity contribution < 1.29 is 14.0 Å². The van der Waals surface area contributed by atoms with E-state index in [0.29, 0.717) is 27.9 Å². The van der Waals surface area contributed by atoms with Crippen LogP contribution in [0.4, 0.5) is 0 Å². The number of piperidine rings is 1. The lowest BCUT2D eigenvalue weighted by Crippen LogP contribution is -2.53. The highest BCUT2D eigenvalue weighted by molar-refractivity contribution is 6.42. The van der Waals surface area contributed by atoms with Crippen LogP contribution in [0.1, 0.15) is 57.2 Å². The standard InChI is InChI=1S/C34H35Cl2N3O3/c1-38(33(41)25-9-4-2-5-10-25)24-27(26-14-15-29(35)30(36)23-26)16-19-39-20-17-34(18-21-39,28-11-6-3-7-12-28)37-32(40)31-13-8-22-42-31/h2-15,22-23,27H,16-21,24H2,1H3,(H,37,40). The third-order valence-corrected chi connectivity index (χ3v) is 8.94. The van der Waals surface area contributed by atoms with Gasteiger partial charge in [-0.3, -0.25) is 9.59 Å². The van der Waals surface area contributed by atoms with Crippen molar-refractivity contribution in [1.82, 2.24) is 15.1 Å². The molecule has 1 N–H and O–H groups in total. The molecule has 5 rings (SSSR count). The van der Waals surface area contributed by atoms with E-state index in [9.17, 15) is 9.59 Å². The molecule has 0 bridgehead atoms. The number of hydrogen-bond acceptors (Lipinski definition) is 4. The van der Waals surface area contributed by atoms with E-state index < -0.39 is 5.54 Å². The third-order valence-electron chi connectivity index (χ3n) is 8.20. The molecule has 1 saturated heterocycles. The predicted molar refractivity (Wildman–Crippen MR) is 167 cm³/mol. The molecule has 0 aliphatic carbocycles. The van der Waals surface area contributed by atoms with Crippen molar-refractivity contribution >= 4 is 35.0 Å². The maximum atomic E-state index is 13.1. The van der Waals surface area contributed by atoms with Crippen molar-refractivity contribution in [2.45, 2.75) is 30.7 Å². The second-order valence-electron chi connectivity index (χ2n) is 10.9. The zero-order valence-corrected chi connectivity index (χ0v) is 25.2. The minimum atomic E-state index is -0.479. The number of rotatable bonds is 10. The lowest BCUT2D eigenvalue weighted by Gasteiger charge is -2.43. The average Bonchev–Trinajstić information content (AvgIpc) is 3.57. The zero-order chi connectivity index (χ0) is 29.5. The number of likely N-dealkylation sites (tertiary alicyclic amines) is 1. The quantitative estimate of drug-likeness (QED) is 0.207. The zero-order valence-electron chi connectivity index (χ0n) is 23.6. The molecule has 42 heavy (non-hydrogen) atoms. The lowest BCUT2D eigenvalue weighted by atomic mass is 9.80. The van der Waals surface area contributed by atoms with Gasteiger partial charge in [0.1, 0.15) is 0 Å². The third kappa shape index (κ3) is 7.06. The minimum absolute atomic E-state index is 0.0152. The summed E-state index contributed by atoms with van der Waals surface area (Å²) in [6.07, 6.45) is 3.89. The van der Waals surface area contributed by atoms with Crippen LogP contribution in [0.2, 0.25) is 10.0 Å². The van der Waals surface area contributed by atoms with Crippen molar-refractivity contribution in [3.05, 3.63) is 130 Å². The van der Waals surface area contributed by atoms with Crippen LogP contribution in [0.3, 0.4) is 0 Å². The van der Waals surface area contributed by atoms with Gasteiger partial charge < -0.3 is 19.5 Å². The van der Waals surface area contributed by atoms with Crippen molar-refractivity contribution in [3.8, 4) is 0 Å². The molecule has 1 unspecified atom stereocenters. The van der Waals surface area contributed by atoms with Gasteiger partial charge in [-0.05, 0) is 73.3 Å². The van der Waals surface area contributed by atoms with Gasteiger partial charge in [0.15, 0.2) is 5.76 Å². The Balaban J connectivity index is 1.28. The molecule has 0 radical (unpaired) electrons. The van der Waals surface area contributed by atoms with Crippen molar-refractivity contribution in [2.24, 2.45) is 0 Å². The fourth-order valence-corrected chi connectivity index (χ4v) is 6.08. The number of nitrogens with zero attached hydrogens (tertiary/aromatic N) is 2. The second kappa shape index (κ2) is 13.6. The molecule has 0 saturated carbocycles. The summed E-state index contributed by atoms with van der Waals surface area (Å²) in [5, 5.41) is 4.32. The van der Waals surface area contributed by atoms with Crippen LogP contribution >= 0.6 is 23.2 Å². The Morgan fingerprint density at radius 2 is 1.62 bits per heavy atom. The van der Waals surface area contributed by atoms with E-state index in [-0.39, 0.29) is 17.7 Å². The summed E-state index contributed by atoms with van der Waals surface area (Å²) in [5.41, 5.74) is 2.34. The molecule has 2 heterocycles. The Labute approximate surface area is 257 Å². The van der Waals surface area contributed by atoms with E-state index in [1.807, 2.05) is 73.8 Å². The number of nitrogens with one attached hydrogen (secondary N) is 1. The van der Waals surface area contributed by atoms with Crippen LogP contribution in [0.25, 0.3) is 0 Å². The Hall–Kier alpha value is -3.58. The van der Waals surface area contributed by atoms with Crippen LogP contribution in [-0.2, 0) is 5.54 Å². The number of halogens is 2. The van der Waals surface area contributed by atoms with Crippen LogP contribution < -0.4 is 5.32 Å². The predicted octanol–water partition coefficient (Wildman–Crippen LogP) is 7.25. The maximum absolute atomic E-state index is 13.1. The topological polar surface area (TPSA) is 65.8 Å². The Kier molecular flexibility index (Phi) is 9.68. The molecule has 8 heteroatoms. The lowest BCUT2D eigenvalue weighted by molar-refractivity contribution is 0.0749. The molecule has 2 amide bonds. The second-order valence-corrected chi connectivity index (χ2v) is 11.7. The van der Waals surface area contributed by atoms with Crippen molar-refractivity contribution in [1.29, 1.82) is 0 Å². The molecule has 1 fully saturated rings. The summed E-state index contributed by atoms with van der Waals surface area (Å²) in [7, 11) is 1.84. The SMILES string of the molecule is CN(CC(CCN1CCC(NC(=O)c2ccco2)(c2ccccc2)CC1)c1ccc(Cl)c(Cl)c1)C(=O)c1ccccc1. The Morgan fingerprint density at radius 1 is 0.929 bits per heavy atom. The molecule has 1 atom stereocenters. The monoisotopic (exact) mass is 603 g/mol. The minimum Gasteiger partial charge on any atom is -0.459 e. The number of benzene rings is 3. The molecule has 1 aliphatic heterocycles. The molecular formula is C34H35Cl2N3O3. The van der Waals surface area contributed by atoms with Gasteiger partial charge >= 0.3 is 0 Å². The molecule has 1 aliphatic rings. The van der Waals surface area contributed by atoms with Crippen LogP contribution in [-0.4, -0.2) is 54.8 Å². The van der Waals surface area contributed by atoms with E-state index in [1.165, 1.54) is 6.26 Å². The van der Waals surface area contributed by atoms with Crippen LogP contribution in [0.15, 0.2) is 102 Å². The Bertz CT molecular complexity index is 1470. The number of amides is 2. The van der Waals surface area contributed by atoms with Crippen molar-refractivity contribution in [2.75, 3.05) is 33.2 Å². The molecular weight excluding hydrogens is 569 g/mol. The highest BCUT2D eigenvalue weighted by atomic mass is 35.5. The van der Waals surface area contributed by atoms with Crippen molar-refractivity contribution in [3.63, 3.8) is 0 Å². The Morgan fingerprint density at radius 3 is 2.26 bits per heavy atom. The van der Waals surface area contributed by atoms with Crippen LogP contribution in [0.5, 0.6) is 0 Å². The number of carbonyl (C=O) groups is 2. The first kappa shape index (κ1) is 29.9. The van der Waals surface area contributed by atoms with Crippen LogP contribution in [0, 0.1) is 0 Å². The number of carbonyl (C=O) groups excluding carboxylic acids is 2. The normalized spacial score (nSPS) is 15.6. The van der Waals surface area contributed by atoms with E-state index >= 15 is 0 Å². The van der Waals surface area contributed by atoms with Gasteiger partial charge in [-0.25, -0.2) is 0 Å². The number of likely N-dealkylation sites (N-methyl/N-ethyl adjacent to an activating group) is 1. The van der Waals surface area contributed by atoms with Gasteiger partial charge in [-0.15, -0.1) is 0 Å². The van der Waals surface area contributed by atoms with Gasteiger partial charge in [-0.2, -0.15) is 0 Å². The smallest absolute Gasteiger partial charge is 0.287 e. The van der Waals surface area contributed by atoms with Gasteiger partial charge in [0.25, 0.3) is 11.8 Å². The van der Waals surface area contributed by atoms with E-state index in [1.54, 1.807) is 17.0 Å². The summed E-state index contributed by atoms with van der Waals surface area (Å²) < 4.78 is 5.37. The fraction of sp³-hybridized carbons (Fsp3) is 0.294. The first-order valence-electron chi connectivity index (χ1n) is 14.2. The molecule has 3 aromatic carbocycles. The first-order valence-corrected chi connectivity index (χ1v) is 15.0. The van der Waals surface area contributed by atoms with E-state index in [2.05, 4.69) is 22.3 Å². The highest BCUT2D eigenvalue weighted by Crippen LogP contribution is 2.35. The first-order chi connectivity index (χ1) is 20.3. The molecule has 4 aromatic rings. The summed E-state index contributed by atoms with van der Waals surface area (Å²) in [5.74, 6) is 0.157. The highest BCUT2D eigenvalue weighted by Gasteiger charge is 2.38. The van der Waals surface area contributed by atoms with Gasteiger partial charge in [-0.1, -0.05) is 77.8 Å². The largest absolute Gasteiger partial charge is 0.459 e. The summed E-state index contributed by atoms with van der Waals surface area (Å²) in [4.78, 5) is 30.4. The van der Waals surface area contributed by atoms with E-state index in [0.717, 1.165) is 50.0 Å². The summed E-state index contributed by atoms with van der Waals surface area (Å²) in [6, 6.07) is 28.7. The summed E-state index contributed by atoms with van der Waals surface area (Å²) >= 11 is 12.6. The molecule has 6 nitrogen and oxygen atoms in total. The van der Waals surface area contributed by atoms with Gasteiger partial charge in [0.2, 0.25) is 0 Å². The fourth-order valence-electron chi connectivity index (χ4n) is 5.77. The maximum Gasteiger partial charge on any atom is 0.287 e. The molecule has 1 aromatic heterocycles. The number of furan rings is 1. The van der Waals surface area contributed by atoms with E-state index in [4.69, 9.17) is 27.6 Å². The average molecular weight is 605 g/mol. The molecule has 0 spiro atoms.